The number of esters is 1. The van der Waals surface area contributed by atoms with Crippen LogP contribution in [0.25, 0.3) is 0 Å². The highest BCUT2D eigenvalue weighted by molar-refractivity contribution is 5.83. The highest BCUT2D eigenvalue weighted by atomic mass is 16.8. The number of rotatable bonds is 22. The van der Waals surface area contributed by atoms with Crippen molar-refractivity contribution in [2.45, 2.75) is 233 Å². The van der Waals surface area contributed by atoms with Gasteiger partial charge in [-0.3, -0.25) is 19.2 Å². The number of carbonyl (C=O) groups excluding carboxylic acids is 5. The molecule has 27 heteroatoms. The summed E-state index contributed by atoms with van der Waals surface area (Å²) in [6.07, 6.45) is -15.8. The van der Waals surface area contributed by atoms with E-state index >= 15 is 4.79 Å². The maximum Gasteiger partial charge on any atom is 0.407 e. The molecule has 8 fully saturated rings. The Morgan fingerprint density at radius 3 is 1.19 bits per heavy atom. The molecule has 8 saturated heterocycles. The zero-order valence-electron chi connectivity index (χ0n) is 47.1. The van der Waals surface area contributed by atoms with Gasteiger partial charge >= 0.3 is 12.1 Å². The molecule has 4 amide bonds. The number of ether oxygens (including phenoxy) is 16. The molecule has 8 aliphatic heterocycles. The molecular formula is C53H80N6O21. The molecule has 8 N–H and O–H groups in total. The standard InChI is InChI=1S/C53H80N6O21/c1-50(2)73-39-29(21-54)69-35(41(39)75-50)27(59-49(64)68-23-24-15-13-12-14-16-24)19-33(62)57-25(37-43-45(47(66-10)71-37)79-52(5,6)77-43)17-31(60)56-26(38-44-46(48(67-11)72-38)80-53(7,8)78-44)18-32(61)58-28(20-34(63)65-9)36-42-40(30(22-55)70-36)74-51(3,4)76-42/h12-16,25-30,35-48H,17-23,54-55H2,1-11H3,(H,56,60)(H,57,62)(H,58,61)(H,59,64)/t25-,26+,27+,28-,29-,30-,35-,36-,37-,38-,39-,40-,41+,42+,43+,44+,45+,46+,47+,48+/m1/s1. The van der Waals surface area contributed by atoms with E-state index in [1.807, 2.05) is 18.2 Å². The van der Waals surface area contributed by atoms with Crippen LogP contribution in [0.3, 0.4) is 0 Å². The van der Waals surface area contributed by atoms with Crippen LogP contribution in [0, 0.1) is 0 Å². The number of nitrogens with two attached hydrogens (primary N) is 2. The first-order valence-electron chi connectivity index (χ1n) is 27.3. The van der Waals surface area contributed by atoms with Gasteiger partial charge < -0.3 is 109 Å². The van der Waals surface area contributed by atoms with Crippen molar-refractivity contribution in [1.29, 1.82) is 0 Å². The van der Waals surface area contributed by atoms with Gasteiger partial charge in [-0.05, 0) is 61.0 Å². The minimum Gasteiger partial charge on any atom is -0.469 e. The lowest BCUT2D eigenvalue weighted by Crippen LogP contribution is -2.56. The van der Waals surface area contributed by atoms with Crippen LogP contribution in [0.15, 0.2) is 30.3 Å². The van der Waals surface area contributed by atoms with Gasteiger partial charge in [0.25, 0.3) is 0 Å². The first kappa shape index (κ1) is 60.3. The van der Waals surface area contributed by atoms with Crippen molar-refractivity contribution in [2.75, 3.05) is 34.4 Å². The Bertz CT molecular complexity index is 2370. The van der Waals surface area contributed by atoms with Gasteiger partial charge in [0.15, 0.2) is 35.7 Å². The molecule has 8 heterocycles. The molecule has 0 aromatic heterocycles. The normalized spacial score (nSPS) is 37.1. The van der Waals surface area contributed by atoms with Gasteiger partial charge in [-0.1, -0.05) is 30.3 Å². The fraction of sp³-hybridized carbons (Fsp3) is 0.792. The van der Waals surface area contributed by atoms with Crippen LogP contribution >= 0.6 is 0 Å². The fourth-order valence-electron chi connectivity index (χ4n) is 12.2. The van der Waals surface area contributed by atoms with Crippen LogP contribution < -0.4 is 32.7 Å². The van der Waals surface area contributed by atoms with Crippen molar-refractivity contribution >= 4 is 29.8 Å². The number of carbonyl (C=O) groups is 5. The Labute approximate surface area is 464 Å². The second-order valence-corrected chi connectivity index (χ2v) is 23.1. The summed E-state index contributed by atoms with van der Waals surface area (Å²) in [5.74, 6) is -6.92. The van der Waals surface area contributed by atoms with Gasteiger partial charge in [-0.2, -0.15) is 0 Å². The van der Waals surface area contributed by atoms with Crippen molar-refractivity contribution in [3.63, 3.8) is 0 Å². The van der Waals surface area contributed by atoms with E-state index in [1.54, 1.807) is 67.5 Å². The van der Waals surface area contributed by atoms with Crippen LogP contribution in [-0.2, 0) is 102 Å². The number of methoxy groups -OCH3 is 3. The van der Waals surface area contributed by atoms with E-state index < -0.39 is 194 Å². The monoisotopic (exact) mass is 1140 g/mol. The number of alkyl carbamates (subject to hydrolysis) is 1. The first-order valence-corrected chi connectivity index (χ1v) is 27.3. The number of hydrogen-bond acceptors (Lipinski definition) is 23. The summed E-state index contributed by atoms with van der Waals surface area (Å²) < 4.78 is 97.6. The molecule has 8 aliphatic rings. The van der Waals surface area contributed by atoms with Crippen molar-refractivity contribution in [3.05, 3.63) is 35.9 Å². The number of benzene rings is 1. The molecule has 0 radical (unpaired) electrons. The van der Waals surface area contributed by atoms with Crippen LogP contribution in [-0.4, -0.2) is 210 Å². The van der Waals surface area contributed by atoms with Crippen molar-refractivity contribution in [1.82, 2.24) is 21.3 Å². The summed E-state index contributed by atoms with van der Waals surface area (Å²) in [5.41, 5.74) is 13.0. The molecule has 1 aromatic rings. The van der Waals surface area contributed by atoms with Crippen LogP contribution in [0.5, 0.6) is 0 Å². The van der Waals surface area contributed by atoms with Gasteiger partial charge in [-0.25, -0.2) is 4.79 Å². The molecule has 0 bridgehead atoms. The SMILES string of the molecule is COC(=O)C[C@@H](NC(=O)C[C@H](NC(=O)C[C@@H](NC(=O)C[C@H](NC(=O)OCc1ccccc1)[C@H]1O[C@H](CN)[C@H]2OC(C)(C)O[C@@H]12)[C@H]1O[C@H](OC)[C@H]2OC(C)(C)O[C@H]21)[C@H]1O[C@H](OC)[C@H]2OC(C)(C)O[C@H]21)[C@H]1O[C@H](CN)[C@H]2OC(C)(C)O[C@@H]12. The van der Waals surface area contributed by atoms with Gasteiger partial charge in [0.1, 0.15) is 79.9 Å². The lowest BCUT2D eigenvalue weighted by atomic mass is 9.96. The Kier molecular flexibility index (Phi) is 18.2. The summed E-state index contributed by atoms with van der Waals surface area (Å²) in [6, 6.07) is 4.54. The molecule has 27 nitrogen and oxygen atoms in total. The zero-order valence-corrected chi connectivity index (χ0v) is 47.1. The number of amides is 4. The van der Waals surface area contributed by atoms with Crippen molar-refractivity contribution in [2.24, 2.45) is 11.5 Å². The lowest BCUT2D eigenvalue weighted by molar-refractivity contribution is -0.230. The van der Waals surface area contributed by atoms with Crippen molar-refractivity contribution < 1.29 is 99.8 Å². The average molecular weight is 1140 g/mol. The lowest BCUT2D eigenvalue weighted by Gasteiger charge is -2.33. The van der Waals surface area contributed by atoms with Gasteiger partial charge in [-0.15, -0.1) is 0 Å². The molecule has 20 atom stereocenters. The molecule has 1 aromatic carbocycles. The second-order valence-electron chi connectivity index (χ2n) is 23.1. The quantitative estimate of drug-likeness (QED) is 0.0815. The van der Waals surface area contributed by atoms with Crippen LogP contribution in [0.1, 0.15) is 86.6 Å². The maximum absolute atomic E-state index is 15.0. The van der Waals surface area contributed by atoms with Crippen LogP contribution in [0.4, 0.5) is 4.79 Å². The van der Waals surface area contributed by atoms with Gasteiger partial charge in [0, 0.05) is 46.6 Å². The highest BCUT2D eigenvalue weighted by Gasteiger charge is 2.62. The van der Waals surface area contributed by atoms with E-state index in [9.17, 15) is 19.2 Å². The smallest absolute Gasteiger partial charge is 0.407 e. The van der Waals surface area contributed by atoms with E-state index in [0.717, 1.165) is 5.56 Å². The summed E-state index contributed by atoms with van der Waals surface area (Å²) in [4.78, 5) is 71.1. The Morgan fingerprint density at radius 2 is 0.812 bits per heavy atom. The van der Waals surface area contributed by atoms with E-state index in [2.05, 4.69) is 21.3 Å². The third kappa shape index (κ3) is 13.4. The van der Waals surface area contributed by atoms with Crippen molar-refractivity contribution in [3.8, 4) is 0 Å². The predicted molar refractivity (Wildman–Crippen MR) is 272 cm³/mol. The van der Waals surface area contributed by atoms with E-state index in [-0.39, 0.29) is 26.1 Å². The summed E-state index contributed by atoms with van der Waals surface area (Å²) in [5, 5.41) is 11.8. The van der Waals surface area contributed by atoms with Crippen LogP contribution in [0.2, 0.25) is 0 Å². The molecule has 448 valence electrons. The Hall–Kier alpha value is -4.27. The minimum atomic E-state index is -1.20. The van der Waals surface area contributed by atoms with Gasteiger partial charge in [0.05, 0.1) is 49.9 Å². The summed E-state index contributed by atoms with van der Waals surface area (Å²) >= 11 is 0. The molecule has 0 saturated carbocycles. The van der Waals surface area contributed by atoms with Gasteiger partial charge in [0.2, 0.25) is 17.7 Å². The molecule has 0 unspecified atom stereocenters. The largest absolute Gasteiger partial charge is 0.469 e. The summed E-state index contributed by atoms with van der Waals surface area (Å²) in [6.45, 7) is 13.9. The Balaban J connectivity index is 0.986. The molecule has 80 heavy (non-hydrogen) atoms. The molecule has 9 rings (SSSR count). The predicted octanol–water partition coefficient (Wildman–Crippen LogP) is -0.256. The molecule has 0 aliphatic carbocycles. The minimum absolute atomic E-state index is 0.0489. The number of hydrogen-bond donors (Lipinski definition) is 6. The fourth-order valence-corrected chi connectivity index (χ4v) is 12.2. The number of nitrogens with one attached hydrogen (secondary N) is 4. The zero-order chi connectivity index (χ0) is 57.6. The maximum atomic E-state index is 15.0. The second kappa shape index (κ2) is 24.1. The third-order valence-corrected chi connectivity index (χ3v) is 15.4. The van der Waals surface area contributed by atoms with E-state index in [0.29, 0.717) is 0 Å². The molecular weight excluding hydrogens is 1060 g/mol. The highest BCUT2D eigenvalue weighted by Crippen LogP contribution is 2.44. The third-order valence-electron chi connectivity index (χ3n) is 15.4. The van der Waals surface area contributed by atoms with E-state index in [1.165, 1.54) is 21.3 Å². The van der Waals surface area contributed by atoms with E-state index in [4.69, 9.17) is 87.3 Å². The first-order chi connectivity index (χ1) is 37.8. The topological polar surface area (TPSA) is 333 Å². The average Bonchev–Trinajstić information content (AvgIpc) is 4.34. The Morgan fingerprint density at radius 1 is 0.475 bits per heavy atom. The summed E-state index contributed by atoms with van der Waals surface area (Å²) in [7, 11) is 4.08. The number of fused-ring (bicyclic) bond motifs is 4. The molecule has 0 spiro atoms.